The molecule has 0 saturated carbocycles. The van der Waals surface area contributed by atoms with Gasteiger partial charge in [0, 0.05) is 0 Å². The molecule has 0 heterocycles. The zero-order valence-corrected chi connectivity index (χ0v) is 8.67. The summed E-state index contributed by atoms with van der Waals surface area (Å²) in [6.07, 6.45) is -10.4. The van der Waals surface area contributed by atoms with Crippen LogP contribution in [0.4, 0.5) is 26.3 Å². The van der Waals surface area contributed by atoms with Crippen molar-refractivity contribution in [3.05, 3.63) is 10.4 Å². The van der Waals surface area contributed by atoms with Gasteiger partial charge in [0.1, 0.15) is 0 Å². The number of halogens is 6. The fraction of sp³-hybridized carbons (Fsp3) is 0.667. The van der Waals surface area contributed by atoms with Crippen molar-refractivity contribution in [2.75, 3.05) is 0 Å². The van der Waals surface area contributed by atoms with Crippen LogP contribution in [0.3, 0.4) is 0 Å². The Morgan fingerprint density at radius 1 is 1.00 bits per heavy atom. The zero-order chi connectivity index (χ0) is 10.9. The van der Waals surface area contributed by atoms with Gasteiger partial charge in [0.2, 0.25) is 0 Å². The third-order valence-electron chi connectivity index (χ3n) is 1.07. The Morgan fingerprint density at radius 2 is 1.38 bits per heavy atom. The van der Waals surface area contributed by atoms with Crippen LogP contribution in [0.2, 0.25) is 11.4 Å². The molecule has 0 aromatic carbocycles. The first-order valence-electron chi connectivity index (χ1n) is 3.08. The second-order valence-electron chi connectivity index (χ2n) is 2.46. The molecule has 0 fully saturated rings. The van der Waals surface area contributed by atoms with Crippen LogP contribution in [0.1, 0.15) is 0 Å². The molecular formula is C6H7AsF6. The monoisotopic (exact) mass is 268 g/mol. The van der Waals surface area contributed by atoms with Crippen LogP contribution in [0.15, 0.2) is 10.4 Å². The van der Waals surface area contributed by atoms with E-state index in [9.17, 15) is 26.3 Å². The summed E-state index contributed by atoms with van der Waals surface area (Å²) in [5.41, 5.74) is 2.41. The van der Waals surface area contributed by atoms with E-state index < -0.39 is 37.4 Å². The van der Waals surface area contributed by atoms with Crippen molar-refractivity contribution in [1.82, 2.24) is 0 Å². The van der Waals surface area contributed by atoms with Crippen molar-refractivity contribution in [1.29, 1.82) is 0 Å². The predicted molar refractivity (Wildman–Crippen MR) is 37.7 cm³/mol. The van der Waals surface area contributed by atoms with Gasteiger partial charge >= 0.3 is 75.2 Å². The van der Waals surface area contributed by atoms with Gasteiger partial charge in [-0.15, -0.1) is 0 Å². The first-order valence-corrected chi connectivity index (χ1v) is 7.77. The molecule has 0 spiro atoms. The quantitative estimate of drug-likeness (QED) is 0.505. The topological polar surface area (TPSA) is 0 Å². The van der Waals surface area contributed by atoms with Gasteiger partial charge in [0.05, 0.1) is 0 Å². The van der Waals surface area contributed by atoms with Gasteiger partial charge in [-0.2, -0.15) is 0 Å². The maximum atomic E-state index is 12.0. The summed E-state index contributed by atoms with van der Waals surface area (Å²) in [5, 5.41) is 0. The molecule has 0 radical (unpaired) electrons. The second-order valence-corrected chi connectivity index (χ2v) is 7.23. The van der Waals surface area contributed by atoms with E-state index in [-0.39, 0.29) is 0 Å². The molecule has 0 amide bonds. The van der Waals surface area contributed by atoms with E-state index in [1.54, 1.807) is 0 Å². The van der Waals surface area contributed by atoms with Crippen molar-refractivity contribution >= 4 is 14.7 Å². The molecule has 0 unspecified atom stereocenters. The Bertz CT molecular complexity index is 198. The van der Waals surface area contributed by atoms with E-state index in [1.807, 2.05) is 0 Å². The molecule has 0 aliphatic rings. The van der Waals surface area contributed by atoms with E-state index in [4.69, 9.17) is 0 Å². The molecule has 78 valence electrons. The van der Waals surface area contributed by atoms with Crippen molar-refractivity contribution < 1.29 is 26.3 Å². The van der Waals surface area contributed by atoms with Crippen molar-refractivity contribution in [3.63, 3.8) is 0 Å². The van der Waals surface area contributed by atoms with Crippen LogP contribution in [-0.2, 0) is 0 Å². The molecule has 0 saturated heterocycles. The Morgan fingerprint density at radius 3 is 1.46 bits per heavy atom. The number of hydrogen-bond acceptors (Lipinski definition) is 0. The molecule has 0 aliphatic heterocycles. The second kappa shape index (κ2) is 3.94. The van der Waals surface area contributed by atoms with Gasteiger partial charge in [-0.1, -0.05) is 0 Å². The normalized spacial score (nSPS) is 15.3. The van der Waals surface area contributed by atoms with E-state index in [0.29, 0.717) is 0 Å². The Kier molecular flexibility index (Phi) is 3.91. The van der Waals surface area contributed by atoms with Crippen LogP contribution in [0, 0.1) is 0 Å². The molecule has 0 aromatic rings. The Labute approximate surface area is 75.9 Å². The summed E-state index contributed by atoms with van der Waals surface area (Å²) in [7, 11) is 0. The molecule has 13 heavy (non-hydrogen) atoms. The van der Waals surface area contributed by atoms with Crippen LogP contribution in [0.5, 0.6) is 0 Å². The molecule has 0 aromatic heterocycles. The van der Waals surface area contributed by atoms with Gasteiger partial charge in [-0.25, -0.2) is 0 Å². The molecule has 0 nitrogen and oxygen atoms in total. The standard InChI is InChI=1S/C6H7AsF6/c1-7(2)4(6(11,12)13)3-5(8,9)10/h3H,1-2H3/b4-3-. The van der Waals surface area contributed by atoms with Gasteiger partial charge < -0.3 is 0 Å². The van der Waals surface area contributed by atoms with Gasteiger partial charge in [0.25, 0.3) is 0 Å². The number of hydrogen-bond donors (Lipinski definition) is 0. The van der Waals surface area contributed by atoms with Crippen LogP contribution in [0.25, 0.3) is 0 Å². The van der Waals surface area contributed by atoms with Crippen molar-refractivity contribution in [2.45, 2.75) is 23.8 Å². The maximum absolute atomic E-state index is 12.0. The van der Waals surface area contributed by atoms with E-state index >= 15 is 0 Å². The SMILES string of the molecule is C[As](C)/C(=C\C(F)(F)F)C(F)(F)F. The van der Waals surface area contributed by atoms with Gasteiger partial charge in [-0.05, 0) is 0 Å². The van der Waals surface area contributed by atoms with E-state index in [0.717, 1.165) is 0 Å². The minimum atomic E-state index is -4.89. The zero-order valence-electron chi connectivity index (χ0n) is 6.79. The molecule has 0 atom stereocenters. The summed E-state index contributed by atoms with van der Waals surface area (Å²) in [6, 6.07) is 0. The molecular weight excluding hydrogens is 261 g/mol. The fourth-order valence-electron chi connectivity index (χ4n) is 0.620. The third-order valence-corrected chi connectivity index (χ3v) is 3.90. The Hall–Kier alpha value is -0.122. The van der Waals surface area contributed by atoms with E-state index in [1.165, 1.54) is 11.4 Å². The first kappa shape index (κ1) is 12.9. The van der Waals surface area contributed by atoms with Crippen LogP contribution < -0.4 is 0 Å². The molecule has 0 aliphatic carbocycles. The predicted octanol–water partition coefficient (Wildman–Crippen LogP) is 3.33. The number of alkyl halides is 6. The van der Waals surface area contributed by atoms with Gasteiger partial charge in [-0.3, -0.25) is 0 Å². The number of rotatable bonds is 1. The fourth-order valence-corrected chi connectivity index (χ4v) is 2.53. The first-order chi connectivity index (χ1) is 5.54. The average Bonchev–Trinajstić information content (AvgIpc) is 1.77. The summed E-state index contributed by atoms with van der Waals surface area (Å²) in [6.45, 7) is 0. The summed E-state index contributed by atoms with van der Waals surface area (Å²) in [5.74, 6) is 0. The van der Waals surface area contributed by atoms with Crippen LogP contribution in [-0.4, -0.2) is 27.0 Å². The summed E-state index contributed by atoms with van der Waals surface area (Å²) >= 11 is -2.56. The molecule has 0 rings (SSSR count). The minimum absolute atomic E-state index is 0.632. The van der Waals surface area contributed by atoms with Crippen molar-refractivity contribution in [3.8, 4) is 0 Å². The third kappa shape index (κ3) is 5.24. The average molecular weight is 268 g/mol. The molecule has 0 N–H and O–H groups in total. The van der Waals surface area contributed by atoms with Crippen LogP contribution >= 0.6 is 0 Å². The van der Waals surface area contributed by atoms with E-state index in [2.05, 4.69) is 0 Å². The van der Waals surface area contributed by atoms with Gasteiger partial charge in [0.15, 0.2) is 0 Å². The Balaban J connectivity index is 4.95. The molecule has 0 bridgehead atoms. The van der Waals surface area contributed by atoms with Crippen molar-refractivity contribution in [2.24, 2.45) is 0 Å². The molecule has 7 heteroatoms. The summed E-state index contributed by atoms with van der Waals surface area (Å²) in [4.78, 5) is 0. The summed E-state index contributed by atoms with van der Waals surface area (Å²) < 4.78 is 69.4. The number of allylic oxidation sites excluding steroid dienone is 2.